The molecule has 1 aliphatic carbocycles. The molecule has 0 aliphatic heterocycles. The molecule has 0 amide bonds. The number of fused-ring (bicyclic) bond motifs is 1. The van der Waals surface area contributed by atoms with Gasteiger partial charge in [-0.05, 0) is 11.6 Å². The molecule has 1 aliphatic rings. The molecule has 2 nitrogen and oxygen atoms in total. The zero-order chi connectivity index (χ0) is 12.7. The summed E-state index contributed by atoms with van der Waals surface area (Å²) in [7, 11) is 0. The molecule has 3 heteroatoms. The van der Waals surface area contributed by atoms with Crippen molar-refractivity contribution in [3.05, 3.63) is 69.7 Å². The lowest BCUT2D eigenvalue weighted by molar-refractivity contribution is 0.0890. The Balaban J connectivity index is 2.16. The Morgan fingerprint density at radius 1 is 0.778 bits per heavy atom. The number of carbonyl (C=O) groups is 2. The highest BCUT2D eigenvalue weighted by molar-refractivity contribution is 9.10. The minimum absolute atomic E-state index is 0.109. The molecule has 18 heavy (non-hydrogen) atoms. The molecule has 0 fully saturated rings. The van der Waals surface area contributed by atoms with Crippen molar-refractivity contribution < 1.29 is 9.59 Å². The topological polar surface area (TPSA) is 34.1 Å². The summed E-state index contributed by atoms with van der Waals surface area (Å²) in [5.41, 5.74) is 1.80. The first-order chi connectivity index (χ1) is 8.70. The first-order valence-corrected chi connectivity index (χ1v) is 6.41. The van der Waals surface area contributed by atoms with E-state index < -0.39 is 5.92 Å². The van der Waals surface area contributed by atoms with Gasteiger partial charge < -0.3 is 0 Å². The van der Waals surface area contributed by atoms with Crippen molar-refractivity contribution in [1.29, 1.82) is 0 Å². The number of benzene rings is 2. The Labute approximate surface area is 113 Å². The van der Waals surface area contributed by atoms with E-state index in [0.717, 1.165) is 10.0 Å². The summed E-state index contributed by atoms with van der Waals surface area (Å²) in [5.74, 6) is -0.914. The summed E-state index contributed by atoms with van der Waals surface area (Å²) in [6.45, 7) is 0. The van der Waals surface area contributed by atoms with Crippen molar-refractivity contribution in [2.45, 2.75) is 5.92 Å². The number of carbonyl (C=O) groups excluding carboxylic acids is 2. The lowest BCUT2D eigenvalue weighted by Gasteiger charge is -2.09. The smallest absolute Gasteiger partial charge is 0.178 e. The summed E-state index contributed by atoms with van der Waals surface area (Å²) < 4.78 is 0.796. The second-order valence-corrected chi connectivity index (χ2v) is 5.08. The summed E-state index contributed by atoms with van der Waals surface area (Å²) in [5, 5.41) is 0. The van der Waals surface area contributed by atoms with Crippen LogP contribution in [0.25, 0.3) is 0 Å². The molecule has 0 radical (unpaired) electrons. The molecular formula is C15H9BrO2. The van der Waals surface area contributed by atoms with Crippen molar-refractivity contribution in [2.24, 2.45) is 0 Å². The highest BCUT2D eigenvalue weighted by Crippen LogP contribution is 2.36. The van der Waals surface area contributed by atoms with Crippen LogP contribution in [-0.2, 0) is 0 Å². The van der Waals surface area contributed by atoms with E-state index in [1.54, 1.807) is 24.3 Å². The lowest BCUT2D eigenvalue weighted by atomic mass is 9.94. The van der Waals surface area contributed by atoms with Crippen LogP contribution in [0.15, 0.2) is 53.0 Å². The fraction of sp³-hybridized carbons (Fsp3) is 0.0667. The van der Waals surface area contributed by atoms with Crippen LogP contribution in [0.3, 0.4) is 0 Å². The van der Waals surface area contributed by atoms with Gasteiger partial charge in [0, 0.05) is 15.6 Å². The van der Waals surface area contributed by atoms with E-state index in [1.165, 1.54) is 0 Å². The van der Waals surface area contributed by atoms with Crippen molar-refractivity contribution in [3.63, 3.8) is 0 Å². The molecule has 0 bridgehead atoms. The molecule has 0 unspecified atom stereocenters. The molecule has 2 aromatic rings. The van der Waals surface area contributed by atoms with Gasteiger partial charge in [-0.3, -0.25) is 9.59 Å². The van der Waals surface area contributed by atoms with Crippen molar-refractivity contribution in [3.8, 4) is 0 Å². The van der Waals surface area contributed by atoms with E-state index in [4.69, 9.17) is 0 Å². The standard InChI is InChI=1S/C15H9BrO2/c16-12-8-4-3-7-11(12)13-14(17)9-5-1-2-6-10(9)15(13)18/h1-8,13H. The minimum atomic E-state index is -0.696. The summed E-state index contributed by atoms with van der Waals surface area (Å²) in [4.78, 5) is 24.6. The number of halogens is 1. The van der Waals surface area contributed by atoms with Crippen LogP contribution in [0.4, 0.5) is 0 Å². The predicted octanol–water partition coefficient (Wildman–Crippen LogP) is 3.61. The third kappa shape index (κ3) is 1.55. The zero-order valence-corrected chi connectivity index (χ0v) is 11.0. The number of rotatable bonds is 1. The third-order valence-corrected chi connectivity index (χ3v) is 3.92. The van der Waals surface area contributed by atoms with E-state index in [-0.39, 0.29) is 11.6 Å². The van der Waals surface area contributed by atoms with Crippen LogP contribution in [0.5, 0.6) is 0 Å². The molecule has 88 valence electrons. The Kier molecular flexibility index (Phi) is 2.63. The van der Waals surface area contributed by atoms with Crippen molar-refractivity contribution >= 4 is 27.5 Å². The van der Waals surface area contributed by atoms with Crippen LogP contribution < -0.4 is 0 Å². The van der Waals surface area contributed by atoms with Crippen molar-refractivity contribution in [2.75, 3.05) is 0 Å². The molecule has 0 N–H and O–H groups in total. The largest absolute Gasteiger partial charge is 0.293 e. The fourth-order valence-corrected chi connectivity index (χ4v) is 2.85. The third-order valence-electron chi connectivity index (χ3n) is 3.20. The molecule has 0 spiro atoms. The number of Topliss-reactive ketones (excluding diaryl/α,β-unsaturated/α-hetero) is 2. The normalized spacial score (nSPS) is 14.9. The molecule has 0 saturated heterocycles. The maximum Gasteiger partial charge on any atom is 0.178 e. The van der Waals surface area contributed by atoms with Crippen LogP contribution in [0.1, 0.15) is 32.2 Å². The number of ketones is 2. The monoisotopic (exact) mass is 300 g/mol. The number of hydrogen-bond acceptors (Lipinski definition) is 2. The summed E-state index contributed by atoms with van der Waals surface area (Å²) in [6, 6.07) is 14.4. The lowest BCUT2D eigenvalue weighted by Crippen LogP contribution is -2.13. The van der Waals surface area contributed by atoms with E-state index in [2.05, 4.69) is 15.9 Å². The first-order valence-electron chi connectivity index (χ1n) is 5.62. The highest BCUT2D eigenvalue weighted by atomic mass is 79.9. The zero-order valence-electron chi connectivity index (χ0n) is 9.39. The molecule has 3 rings (SSSR count). The molecule has 0 aromatic heterocycles. The van der Waals surface area contributed by atoms with Gasteiger partial charge in [-0.2, -0.15) is 0 Å². The number of hydrogen-bond donors (Lipinski definition) is 0. The van der Waals surface area contributed by atoms with Gasteiger partial charge in [-0.25, -0.2) is 0 Å². The van der Waals surface area contributed by atoms with Gasteiger partial charge in [-0.1, -0.05) is 58.4 Å². The van der Waals surface area contributed by atoms with E-state index in [0.29, 0.717) is 11.1 Å². The van der Waals surface area contributed by atoms with E-state index in [1.807, 2.05) is 24.3 Å². The fourth-order valence-electron chi connectivity index (χ4n) is 2.33. The molecule has 2 aromatic carbocycles. The van der Waals surface area contributed by atoms with Gasteiger partial charge >= 0.3 is 0 Å². The van der Waals surface area contributed by atoms with Gasteiger partial charge in [0.25, 0.3) is 0 Å². The Hall–Kier alpha value is -1.74. The molecule has 0 atom stereocenters. The summed E-state index contributed by atoms with van der Waals surface area (Å²) >= 11 is 3.40. The highest BCUT2D eigenvalue weighted by Gasteiger charge is 2.39. The second-order valence-electron chi connectivity index (χ2n) is 4.23. The van der Waals surface area contributed by atoms with Gasteiger partial charge in [-0.15, -0.1) is 0 Å². The average Bonchev–Trinajstić information content (AvgIpc) is 2.64. The summed E-state index contributed by atoms with van der Waals surface area (Å²) in [6.07, 6.45) is 0. The van der Waals surface area contributed by atoms with Crippen LogP contribution in [0, 0.1) is 0 Å². The predicted molar refractivity (Wildman–Crippen MR) is 72.0 cm³/mol. The average molecular weight is 301 g/mol. The Bertz CT molecular complexity index is 626. The quantitative estimate of drug-likeness (QED) is 0.754. The van der Waals surface area contributed by atoms with Gasteiger partial charge in [0.2, 0.25) is 0 Å². The Morgan fingerprint density at radius 2 is 1.28 bits per heavy atom. The van der Waals surface area contributed by atoms with Crippen LogP contribution >= 0.6 is 15.9 Å². The van der Waals surface area contributed by atoms with Crippen LogP contribution in [-0.4, -0.2) is 11.6 Å². The van der Waals surface area contributed by atoms with Crippen molar-refractivity contribution in [1.82, 2.24) is 0 Å². The van der Waals surface area contributed by atoms with Gasteiger partial charge in [0.15, 0.2) is 11.6 Å². The van der Waals surface area contributed by atoms with Gasteiger partial charge in [0.05, 0.1) is 0 Å². The maximum absolute atomic E-state index is 12.3. The van der Waals surface area contributed by atoms with Crippen LogP contribution in [0.2, 0.25) is 0 Å². The first kappa shape index (κ1) is 11.4. The molecular weight excluding hydrogens is 292 g/mol. The Morgan fingerprint density at radius 3 is 1.83 bits per heavy atom. The van der Waals surface area contributed by atoms with E-state index in [9.17, 15) is 9.59 Å². The van der Waals surface area contributed by atoms with Gasteiger partial charge in [0.1, 0.15) is 5.92 Å². The molecule has 0 heterocycles. The SMILES string of the molecule is O=C1c2ccccc2C(=O)C1c1ccccc1Br. The van der Waals surface area contributed by atoms with E-state index >= 15 is 0 Å². The maximum atomic E-state index is 12.3. The second kappa shape index (κ2) is 4.18. The molecule has 0 saturated carbocycles. The minimum Gasteiger partial charge on any atom is -0.293 e.